The van der Waals surface area contributed by atoms with Gasteiger partial charge in [0.05, 0.1) is 0 Å². The third-order valence-corrected chi connectivity index (χ3v) is 4.09. The summed E-state index contributed by atoms with van der Waals surface area (Å²) in [7, 11) is 1.75. The van der Waals surface area contributed by atoms with E-state index in [2.05, 4.69) is 5.10 Å². The number of carbonyl (C=O) groups is 2. The molecule has 2 atom stereocenters. The zero-order chi connectivity index (χ0) is 14.7. The molecule has 0 radical (unpaired) electrons. The minimum Gasteiger partial charge on any atom is -0.481 e. The summed E-state index contributed by atoms with van der Waals surface area (Å²) in [4.78, 5) is 25.1. The second-order valence-corrected chi connectivity index (χ2v) is 5.57. The molecule has 1 aromatic rings. The van der Waals surface area contributed by atoms with Crippen LogP contribution in [0.1, 0.15) is 36.7 Å². The van der Waals surface area contributed by atoms with E-state index in [1.165, 1.54) is 0 Å². The fraction of sp³-hybridized carbons (Fsp3) is 0.643. The van der Waals surface area contributed by atoms with E-state index in [4.69, 9.17) is 5.11 Å². The van der Waals surface area contributed by atoms with Crippen LogP contribution in [0, 0.1) is 11.8 Å². The van der Waals surface area contributed by atoms with Crippen LogP contribution in [-0.2, 0) is 11.8 Å². The number of piperidine rings is 1. The van der Waals surface area contributed by atoms with Gasteiger partial charge in [-0.05, 0) is 30.7 Å². The van der Waals surface area contributed by atoms with Crippen LogP contribution < -0.4 is 0 Å². The number of hydrogen-bond acceptors (Lipinski definition) is 3. The van der Waals surface area contributed by atoms with Gasteiger partial charge in [-0.2, -0.15) is 5.10 Å². The lowest BCUT2D eigenvalue weighted by Crippen LogP contribution is -2.42. The molecule has 6 nitrogen and oxygen atoms in total. The summed E-state index contributed by atoms with van der Waals surface area (Å²) in [5.41, 5.74) is 0.580. The Morgan fingerprint density at radius 2 is 2.30 bits per heavy atom. The van der Waals surface area contributed by atoms with Gasteiger partial charge in [-0.3, -0.25) is 14.3 Å². The van der Waals surface area contributed by atoms with Gasteiger partial charge < -0.3 is 10.0 Å². The largest absolute Gasteiger partial charge is 0.481 e. The molecule has 0 aliphatic carbocycles. The number of amides is 1. The average molecular weight is 279 g/mol. The summed E-state index contributed by atoms with van der Waals surface area (Å²) in [6.07, 6.45) is 3.70. The Morgan fingerprint density at radius 1 is 1.55 bits per heavy atom. The first kappa shape index (κ1) is 14.6. The highest BCUT2D eigenvalue weighted by Crippen LogP contribution is 2.26. The summed E-state index contributed by atoms with van der Waals surface area (Å²) >= 11 is 0. The first-order valence-electron chi connectivity index (χ1n) is 6.98. The Labute approximate surface area is 118 Å². The van der Waals surface area contributed by atoms with E-state index in [0.29, 0.717) is 12.2 Å². The van der Waals surface area contributed by atoms with Crippen molar-refractivity contribution >= 4 is 11.9 Å². The monoisotopic (exact) mass is 279 g/mol. The number of carboxylic acids is 1. The molecule has 1 aromatic heterocycles. The van der Waals surface area contributed by atoms with Crippen molar-refractivity contribution in [3.05, 3.63) is 18.0 Å². The lowest BCUT2D eigenvalue weighted by molar-refractivity contribution is -0.138. The number of rotatable bonds is 4. The lowest BCUT2D eigenvalue weighted by atomic mass is 9.84. The van der Waals surface area contributed by atoms with Crippen LogP contribution in [0.5, 0.6) is 0 Å². The van der Waals surface area contributed by atoms with Crippen LogP contribution in [0.3, 0.4) is 0 Å². The highest BCUT2D eigenvalue weighted by Gasteiger charge is 2.29. The second kappa shape index (κ2) is 6.07. The average Bonchev–Trinajstić information content (AvgIpc) is 2.83. The van der Waals surface area contributed by atoms with Crippen LogP contribution >= 0.6 is 0 Å². The maximum atomic E-state index is 12.4. The summed E-state index contributed by atoms with van der Waals surface area (Å²) in [5, 5.41) is 12.9. The van der Waals surface area contributed by atoms with Crippen molar-refractivity contribution in [3.8, 4) is 0 Å². The highest BCUT2D eigenvalue weighted by atomic mass is 16.4. The van der Waals surface area contributed by atoms with Crippen molar-refractivity contribution in [2.75, 3.05) is 13.1 Å². The van der Waals surface area contributed by atoms with Crippen LogP contribution in [0.4, 0.5) is 0 Å². The van der Waals surface area contributed by atoms with Crippen molar-refractivity contribution < 1.29 is 14.7 Å². The number of aliphatic carboxylic acids is 1. The molecule has 0 spiro atoms. The standard InChI is InChI=1S/C14H21N3O3/c1-10(8-13(18)19)11-4-3-7-17(9-11)14(20)12-5-6-15-16(12)2/h5-6,10-11H,3-4,7-9H2,1-2H3,(H,18,19). The van der Waals surface area contributed by atoms with E-state index in [9.17, 15) is 9.59 Å². The Hall–Kier alpha value is -1.85. The van der Waals surface area contributed by atoms with E-state index >= 15 is 0 Å². The zero-order valence-electron chi connectivity index (χ0n) is 12.0. The fourth-order valence-corrected chi connectivity index (χ4v) is 2.85. The molecule has 1 saturated heterocycles. The first-order valence-corrected chi connectivity index (χ1v) is 6.98. The van der Waals surface area contributed by atoms with Gasteiger partial charge in [-0.15, -0.1) is 0 Å². The van der Waals surface area contributed by atoms with Gasteiger partial charge in [-0.25, -0.2) is 0 Å². The molecule has 1 amide bonds. The summed E-state index contributed by atoms with van der Waals surface area (Å²) in [5.74, 6) is -0.434. The quantitative estimate of drug-likeness (QED) is 0.903. The number of carboxylic acid groups (broad SMARTS) is 1. The molecule has 2 heterocycles. The summed E-state index contributed by atoms with van der Waals surface area (Å²) < 4.78 is 1.58. The Kier molecular flexibility index (Phi) is 4.42. The number of carbonyl (C=O) groups excluding carboxylic acids is 1. The Bertz CT molecular complexity index is 498. The van der Waals surface area contributed by atoms with Crippen molar-refractivity contribution in [1.82, 2.24) is 14.7 Å². The topological polar surface area (TPSA) is 75.4 Å². The third-order valence-electron chi connectivity index (χ3n) is 4.09. The van der Waals surface area contributed by atoms with Crippen molar-refractivity contribution in [2.45, 2.75) is 26.2 Å². The molecular weight excluding hydrogens is 258 g/mol. The maximum Gasteiger partial charge on any atom is 0.303 e. The molecule has 1 fully saturated rings. The van der Waals surface area contributed by atoms with Crippen molar-refractivity contribution in [3.63, 3.8) is 0 Å². The fourth-order valence-electron chi connectivity index (χ4n) is 2.85. The number of likely N-dealkylation sites (tertiary alicyclic amines) is 1. The summed E-state index contributed by atoms with van der Waals surface area (Å²) in [6, 6.07) is 1.71. The van der Waals surface area contributed by atoms with Crippen molar-refractivity contribution in [2.24, 2.45) is 18.9 Å². The second-order valence-electron chi connectivity index (χ2n) is 5.57. The third kappa shape index (κ3) is 3.18. The smallest absolute Gasteiger partial charge is 0.303 e. The Balaban J connectivity index is 2.02. The molecule has 0 aromatic carbocycles. The number of hydrogen-bond donors (Lipinski definition) is 1. The molecule has 1 aliphatic rings. The zero-order valence-corrected chi connectivity index (χ0v) is 12.0. The van der Waals surface area contributed by atoms with E-state index in [-0.39, 0.29) is 24.2 Å². The van der Waals surface area contributed by atoms with Crippen LogP contribution in [0.2, 0.25) is 0 Å². The number of aryl methyl sites for hydroxylation is 1. The minimum atomic E-state index is -0.771. The van der Waals surface area contributed by atoms with E-state index < -0.39 is 5.97 Å². The SMILES string of the molecule is CC(CC(=O)O)C1CCCN(C(=O)c2ccnn2C)C1. The minimum absolute atomic E-state index is 0.0165. The number of aromatic nitrogens is 2. The van der Waals surface area contributed by atoms with Crippen LogP contribution in [0.15, 0.2) is 12.3 Å². The molecule has 0 saturated carbocycles. The molecule has 110 valence electrons. The van der Waals surface area contributed by atoms with E-state index in [1.807, 2.05) is 11.8 Å². The molecular formula is C14H21N3O3. The van der Waals surface area contributed by atoms with E-state index in [1.54, 1.807) is 24.0 Å². The Morgan fingerprint density at radius 3 is 2.90 bits per heavy atom. The molecule has 1 N–H and O–H groups in total. The van der Waals surface area contributed by atoms with E-state index in [0.717, 1.165) is 19.4 Å². The number of nitrogens with zero attached hydrogens (tertiary/aromatic N) is 3. The van der Waals surface area contributed by atoms with Crippen LogP contribution in [0.25, 0.3) is 0 Å². The molecule has 6 heteroatoms. The van der Waals surface area contributed by atoms with Gasteiger partial charge >= 0.3 is 5.97 Å². The molecule has 2 rings (SSSR count). The van der Waals surface area contributed by atoms with Crippen LogP contribution in [-0.4, -0.2) is 44.8 Å². The van der Waals surface area contributed by atoms with Gasteiger partial charge in [-0.1, -0.05) is 6.92 Å². The predicted molar refractivity (Wildman–Crippen MR) is 73.3 cm³/mol. The molecule has 1 aliphatic heterocycles. The highest BCUT2D eigenvalue weighted by molar-refractivity contribution is 5.92. The van der Waals surface area contributed by atoms with Gasteiger partial charge in [0, 0.05) is 32.8 Å². The predicted octanol–water partition coefficient (Wildman–Crippen LogP) is 1.38. The van der Waals surface area contributed by atoms with Gasteiger partial charge in [0.25, 0.3) is 5.91 Å². The molecule has 2 unspecified atom stereocenters. The first-order chi connectivity index (χ1) is 9.49. The maximum absolute atomic E-state index is 12.4. The molecule has 20 heavy (non-hydrogen) atoms. The van der Waals surface area contributed by atoms with Gasteiger partial charge in [0.1, 0.15) is 5.69 Å². The van der Waals surface area contributed by atoms with Crippen molar-refractivity contribution in [1.29, 1.82) is 0 Å². The normalized spacial score (nSPS) is 20.7. The lowest BCUT2D eigenvalue weighted by Gasteiger charge is -2.35. The van der Waals surface area contributed by atoms with Gasteiger partial charge in [0.2, 0.25) is 0 Å². The summed E-state index contributed by atoms with van der Waals surface area (Å²) in [6.45, 7) is 3.33. The van der Waals surface area contributed by atoms with Gasteiger partial charge in [0.15, 0.2) is 0 Å². The molecule has 0 bridgehead atoms.